The van der Waals surface area contributed by atoms with E-state index in [4.69, 9.17) is 4.74 Å². The lowest BCUT2D eigenvalue weighted by Gasteiger charge is -2.13. The zero-order chi connectivity index (χ0) is 17.7. The maximum atomic E-state index is 13.1. The molecule has 0 aromatic heterocycles. The number of sulfonamides is 1. The Hall–Kier alpha value is -2.61. The standard InChI is InChI=1S/C16H17FN2O4S/c1-11(16(20)18-2)23-14-6-8-15(9-7-14)24(21,22)19-13-5-3-4-12(17)10-13/h3-11,19H,1-2H3,(H,18,20)/t11-/m1/s1. The third-order valence-electron chi connectivity index (χ3n) is 3.14. The maximum absolute atomic E-state index is 13.1. The summed E-state index contributed by atoms with van der Waals surface area (Å²) in [5, 5.41) is 2.45. The highest BCUT2D eigenvalue weighted by atomic mass is 32.2. The first-order valence-corrected chi connectivity index (χ1v) is 8.57. The lowest BCUT2D eigenvalue weighted by molar-refractivity contribution is -0.126. The molecule has 2 N–H and O–H groups in total. The van der Waals surface area contributed by atoms with E-state index in [1.807, 2.05) is 0 Å². The minimum atomic E-state index is -3.85. The van der Waals surface area contributed by atoms with Crippen molar-refractivity contribution in [3.05, 3.63) is 54.3 Å². The molecule has 0 saturated carbocycles. The summed E-state index contributed by atoms with van der Waals surface area (Å²) in [4.78, 5) is 11.4. The average Bonchev–Trinajstić information content (AvgIpc) is 2.54. The van der Waals surface area contributed by atoms with Gasteiger partial charge in [0.25, 0.3) is 15.9 Å². The monoisotopic (exact) mass is 352 g/mol. The molecule has 0 fully saturated rings. The van der Waals surface area contributed by atoms with Crippen LogP contribution < -0.4 is 14.8 Å². The molecule has 2 rings (SSSR count). The fraction of sp³-hybridized carbons (Fsp3) is 0.188. The van der Waals surface area contributed by atoms with Crippen LogP contribution >= 0.6 is 0 Å². The van der Waals surface area contributed by atoms with Gasteiger partial charge < -0.3 is 10.1 Å². The summed E-state index contributed by atoms with van der Waals surface area (Å²) >= 11 is 0. The lowest BCUT2D eigenvalue weighted by Crippen LogP contribution is -2.33. The summed E-state index contributed by atoms with van der Waals surface area (Å²) in [5.74, 6) is -0.475. The van der Waals surface area contributed by atoms with Crippen molar-refractivity contribution in [3.8, 4) is 5.75 Å². The molecule has 6 nitrogen and oxygen atoms in total. The molecule has 1 atom stereocenters. The van der Waals surface area contributed by atoms with E-state index >= 15 is 0 Å². The number of hydrogen-bond donors (Lipinski definition) is 2. The number of hydrogen-bond acceptors (Lipinski definition) is 4. The van der Waals surface area contributed by atoms with Crippen molar-refractivity contribution in [3.63, 3.8) is 0 Å². The highest BCUT2D eigenvalue weighted by Gasteiger charge is 2.16. The van der Waals surface area contributed by atoms with Gasteiger partial charge >= 0.3 is 0 Å². The average molecular weight is 352 g/mol. The number of benzene rings is 2. The molecule has 0 aliphatic carbocycles. The second-order valence-corrected chi connectivity index (χ2v) is 6.64. The normalized spacial score (nSPS) is 12.3. The van der Waals surface area contributed by atoms with Gasteiger partial charge in [-0.1, -0.05) is 6.07 Å². The lowest BCUT2D eigenvalue weighted by atomic mass is 10.3. The van der Waals surface area contributed by atoms with Gasteiger partial charge in [0.2, 0.25) is 0 Å². The van der Waals surface area contributed by atoms with E-state index < -0.39 is 21.9 Å². The SMILES string of the molecule is CNC(=O)[C@@H](C)Oc1ccc(S(=O)(=O)Nc2cccc(F)c2)cc1. The first kappa shape index (κ1) is 17.7. The Morgan fingerprint density at radius 1 is 1.17 bits per heavy atom. The predicted octanol–water partition coefficient (Wildman–Crippen LogP) is 2.14. The van der Waals surface area contributed by atoms with Crippen molar-refractivity contribution in [2.75, 3.05) is 11.8 Å². The first-order valence-electron chi connectivity index (χ1n) is 7.08. The Balaban J connectivity index is 2.13. The van der Waals surface area contributed by atoms with E-state index in [1.165, 1.54) is 49.5 Å². The van der Waals surface area contributed by atoms with Gasteiger partial charge in [-0.05, 0) is 49.4 Å². The molecule has 0 bridgehead atoms. The van der Waals surface area contributed by atoms with Crippen molar-refractivity contribution in [1.29, 1.82) is 0 Å². The van der Waals surface area contributed by atoms with E-state index in [1.54, 1.807) is 6.92 Å². The quantitative estimate of drug-likeness (QED) is 0.834. The smallest absolute Gasteiger partial charge is 0.261 e. The van der Waals surface area contributed by atoms with Crippen LogP contribution in [-0.2, 0) is 14.8 Å². The Kier molecular flexibility index (Phi) is 5.40. The molecule has 0 aliphatic heterocycles. The van der Waals surface area contributed by atoms with E-state index in [0.29, 0.717) is 5.75 Å². The second-order valence-electron chi connectivity index (χ2n) is 4.96. The summed E-state index contributed by atoms with van der Waals surface area (Å²) < 4.78 is 45.3. The van der Waals surface area contributed by atoms with Crippen LogP contribution in [0.3, 0.4) is 0 Å². The van der Waals surface area contributed by atoms with Crippen LogP contribution in [0, 0.1) is 5.82 Å². The van der Waals surface area contributed by atoms with Gasteiger partial charge in [0.05, 0.1) is 10.6 Å². The summed E-state index contributed by atoms with van der Waals surface area (Å²) in [7, 11) is -2.35. The van der Waals surface area contributed by atoms with Crippen molar-refractivity contribution >= 4 is 21.6 Å². The number of ether oxygens (including phenoxy) is 1. The van der Waals surface area contributed by atoms with Crippen LogP contribution in [-0.4, -0.2) is 27.5 Å². The van der Waals surface area contributed by atoms with E-state index in [2.05, 4.69) is 10.0 Å². The number of nitrogens with one attached hydrogen (secondary N) is 2. The summed E-state index contributed by atoms with van der Waals surface area (Å²) in [6.45, 7) is 1.58. The van der Waals surface area contributed by atoms with Crippen LogP contribution in [0.2, 0.25) is 0 Å². The first-order chi connectivity index (χ1) is 11.3. The number of likely N-dealkylation sites (N-methyl/N-ethyl adjacent to an activating group) is 1. The molecule has 24 heavy (non-hydrogen) atoms. The van der Waals surface area contributed by atoms with E-state index in [-0.39, 0.29) is 16.5 Å². The van der Waals surface area contributed by atoms with Gasteiger partial charge in [0.1, 0.15) is 11.6 Å². The van der Waals surface area contributed by atoms with Crippen LogP contribution in [0.15, 0.2) is 53.4 Å². The highest BCUT2D eigenvalue weighted by molar-refractivity contribution is 7.92. The number of carbonyl (C=O) groups is 1. The fourth-order valence-electron chi connectivity index (χ4n) is 1.92. The number of halogens is 1. The molecule has 0 unspecified atom stereocenters. The summed E-state index contributed by atoms with van der Waals surface area (Å²) in [6.07, 6.45) is -0.706. The molecule has 0 spiro atoms. The predicted molar refractivity (Wildman–Crippen MR) is 87.8 cm³/mol. The molecular formula is C16H17FN2O4S. The van der Waals surface area contributed by atoms with Gasteiger partial charge in [-0.3, -0.25) is 9.52 Å². The van der Waals surface area contributed by atoms with Crippen molar-refractivity contribution < 1.29 is 22.3 Å². The molecule has 2 aromatic carbocycles. The summed E-state index contributed by atoms with van der Waals surface area (Å²) in [5.41, 5.74) is 0.128. The van der Waals surface area contributed by atoms with Crippen LogP contribution in [0.25, 0.3) is 0 Å². The van der Waals surface area contributed by atoms with Gasteiger partial charge in [-0.15, -0.1) is 0 Å². The topological polar surface area (TPSA) is 84.5 Å². The minimum Gasteiger partial charge on any atom is -0.481 e. The van der Waals surface area contributed by atoms with Crippen LogP contribution in [0.5, 0.6) is 5.75 Å². The van der Waals surface area contributed by atoms with Crippen molar-refractivity contribution in [2.24, 2.45) is 0 Å². The van der Waals surface area contributed by atoms with Gasteiger partial charge in [0, 0.05) is 7.05 Å². The number of rotatable bonds is 6. The molecule has 128 valence electrons. The van der Waals surface area contributed by atoms with E-state index in [0.717, 1.165) is 6.07 Å². The zero-order valence-corrected chi connectivity index (χ0v) is 13.9. The second kappa shape index (κ2) is 7.31. The largest absolute Gasteiger partial charge is 0.481 e. The van der Waals surface area contributed by atoms with Gasteiger partial charge in [-0.2, -0.15) is 0 Å². The van der Waals surface area contributed by atoms with Crippen LogP contribution in [0.4, 0.5) is 10.1 Å². The molecular weight excluding hydrogens is 335 g/mol. The molecule has 2 aromatic rings. The Bertz CT molecular complexity index is 822. The highest BCUT2D eigenvalue weighted by Crippen LogP contribution is 2.20. The molecule has 0 heterocycles. The van der Waals surface area contributed by atoms with Gasteiger partial charge in [-0.25, -0.2) is 12.8 Å². The van der Waals surface area contributed by atoms with Gasteiger partial charge in [0.15, 0.2) is 6.10 Å². The number of amides is 1. The number of carbonyl (C=O) groups excluding carboxylic acids is 1. The molecule has 1 amide bonds. The Morgan fingerprint density at radius 2 is 1.83 bits per heavy atom. The third kappa shape index (κ3) is 4.45. The Morgan fingerprint density at radius 3 is 2.42 bits per heavy atom. The Labute approximate surface area is 139 Å². The zero-order valence-electron chi connectivity index (χ0n) is 13.1. The maximum Gasteiger partial charge on any atom is 0.261 e. The minimum absolute atomic E-state index is 0.00768. The van der Waals surface area contributed by atoms with Crippen molar-refractivity contribution in [2.45, 2.75) is 17.9 Å². The molecule has 0 radical (unpaired) electrons. The fourth-order valence-corrected chi connectivity index (χ4v) is 2.97. The molecule has 0 aliphatic rings. The van der Waals surface area contributed by atoms with Crippen LogP contribution in [0.1, 0.15) is 6.92 Å². The third-order valence-corrected chi connectivity index (χ3v) is 4.54. The summed E-state index contributed by atoms with van der Waals surface area (Å²) in [6, 6.07) is 10.7. The number of anilines is 1. The van der Waals surface area contributed by atoms with E-state index in [9.17, 15) is 17.6 Å². The molecule has 0 saturated heterocycles. The molecule has 8 heteroatoms. The van der Waals surface area contributed by atoms with Crippen molar-refractivity contribution in [1.82, 2.24) is 5.32 Å².